The summed E-state index contributed by atoms with van der Waals surface area (Å²) < 4.78 is 5.64. The Morgan fingerprint density at radius 1 is 0.857 bits per heavy atom. The lowest BCUT2D eigenvalue weighted by Crippen LogP contribution is -2.46. The highest BCUT2D eigenvalue weighted by atomic mass is 16.6. The first-order chi connectivity index (χ1) is 13.7. The molecule has 0 atom stereocenters. The van der Waals surface area contributed by atoms with Crippen molar-refractivity contribution in [3.63, 3.8) is 0 Å². The van der Waals surface area contributed by atoms with Crippen molar-refractivity contribution >= 4 is 5.88 Å². The van der Waals surface area contributed by atoms with Crippen molar-refractivity contribution in [3.05, 3.63) is 99.8 Å². The second-order valence-electron chi connectivity index (χ2n) is 7.07. The van der Waals surface area contributed by atoms with Crippen molar-refractivity contribution in [1.82, 2.24) is 9.80 Å². The van der Waals surface area contributed by atoms with Gasteiger partial charge in [-0.1, -0.05) is 60.7 Å². The predicted octanol–water partition coefficient (Wildman–Crippen LogP) is 4.59. The van der Waals surface area contributed by atoms with Crippen molar-refractivity contribution in [3.8, 4) is 0 Å². The van der Waals surface area contributed by atoms with Gasteiger partial charge in [0.1, 0.15) is 16.8 Å². The highest BCUT2D eigenvalue weighted by molar-refractivity contribution is 5.22. The van der Waals surface area contributed by atoms with E-state index in [0.717, 1.165) is 32.6 Å². The summed E-state index contributed by atoms with van der Waals surface area (Å²) in [7, 11) is 0. The van der Waals surface area contributed by atoms with E-state index in [9.17, 15) is 10.1 Å². The van der Waals surface area contributed by atoms with Crippen LogP contribution in [0.2, 0.25) is 0 Å². The molecule has 4 rings (SSSR count). The van der Waals surface area contributed by atoms with Crippen LogP contribution in [-0.4, -0.2) is 27.8 Å². The molecular formula is C22H23N3O3. The summed E-state index contributed by atoms with van der Waals surface area (Å²) in [5, 5.41) is 11.1. The molecule has 0 aliphatic carbocycles. The fourth-order valence-corrected chi connectivity index (χ4v) is 3.86. The molecular weight excluding hydrogens is 354 g/mol. The molecule has 1 saturated heterocycles. The van der Waals surface area contributed by atoms with E-state index in [2.05, 4.69) is 34.1 Å². The van der Waals surface area contributed by atoms with Gasteiger partial charge >= 0.3 is 5.88 Å². The van der Waals surface area contributed by atoms with Crippen LogP contribution in [0, 0.1) is 10.1 Å². The molecule has 1 aliphatic rings. The summed E-state index contributed by atoms with van der Waals surface area (Å²) in [6.07, 6.45) is 0.904. The Labute approximate surface area is 164 Å². The molecule has 0 saturated carbocycles. The lowest BCUT2D eigenvalue weighted by atomic mass is 10.1. The minimum Gasteiger partial charge on any atom is -0.403 e. The number of furan rings is 1. The fraction of sp³-hybridized carbons (Fsp3) is 0.273. The van der Waals surface area contributed by atoms with E-state index in [-0.39, 0.29) is 12.0 Å². The molecule has 0 N–H and O–H groups in total. The summed E-state index contributed by atoms with van der Waals surface area (Å²) >= 11 is 0. The molecule has 28 heavy (non-hydrogen) atoms. The summed E-state index contributed by atoms with van der Waals surface area (Å²) in [5.41, 5.74) is 2.44. The average Bonchev–Trinajstić information content (AvgIpc) is 3.20. The summed E-state index contributed by atoms with van der Waals surface area (Å²) in [4.78, 5) is 15.3. The molecule has 1 aromatic heterocycles. The molecule has 1 fully saturated rings. The first-order valence-electron chi connectivity index (χ1n) is 9.51. The molecule has 6 heteroatoms. The van der Waals surface area contributed by atoms with Gasteiger partial charge < -0.3 is 4.42 Å². The molecule has 144 valence electrons. The molecule has 1 aliphatic heterocycles. The zero-order valence-electron chi connectivity index (χ0n) is 15.6. The van der Waals surface area contributed by atoms with E-state index in [1.54, 1.807) is 6.07 Å². The minimum absolute atomic E-state index is 0.136. The van der Waals surface area contributed by atoms with E-state index in [1.807, 2.05) is 36.4 Å². The van der Waals surface area contributed by atoms with Crippen LogP contribution in [-0.2, 0) is 13.1 Å². The molecule has 6 nitrogen and oxygen atoms in total. The second kappa shape index (κ2) is 8.37. The van der Waals surface area contributed by atoms with Gasteiger partial charge in [0.05, 0.1) is 6.07 Å². The van der Waals surface area contributed by atoms with Gasteiger partial charge in [-0.3, -0.25) is 19.9 Å². The number of hydrogen-bond acceptors (Lipinski definition) is 5. The zero-order valence-corrected chi connectivity index (χ0v) is 15.6. The van der Waals surface area contributed by atoms with Crippen molar-refractivity contribution in [2.75, 3.05) is 13.1 Å². The summed E-state index contributed by atoms with van der Waals surface area (Å²) in [5.74, 6) is 0.415. The standard InChI is InChI=1S/C22H23N3O3/c26-25(27)21-13-12-20(28-21)22-23(16-18-8-3-1-4-9-18)14-7-15-24(22)17-19-10-5-2-6-11-19/h1-6,8-13,22H,7,14-17H2. The molecule has 2 heterocycles. The Bertz CT molecular complexity index is 862. The lowest BCUT2D eigenvalue weighted by molar-refractivity contribution is -0.402. The van der Waals surface area contributed by atoms with E-state index >= 15 is 0 Å². The smallest absolute Gasteiger partial charge is 0.403 e. The van der Waals surface area contributed by atoms with Gasteiger partial charge in [-0.25, -0.2) is 0 Å². The van der Waals surface area contributed by atoms with Crippen molar-refractivity contribution in [1.29, 1.82) is 0 Å². The summed E-state index contributed by atoms with van der Waals surface area (Å²) in [6, 6.07) is 23.8. The highest BCUT2D eigenvalue weighted by Gasteiger charge is 2.34. The molecule has 2 aromatic carbocycles. The van der Waals surface area contributed by atoms with Crippen LogP contribution in [0.5, 0.6) is 0 Å². The molecule has 0 radical (unpaired) electrons. The quantitative estimate of drug-likeness (QED) is 0.464. The van der Waals surface area contributed by atoms with E-state index in [1.165, 1.54) is 17.2 Å². The van der Waals surface area contributed by atoms with Gasteiger partial charge in [-0.2, -0.15) is 0 Å². The second-order valence-corrected chi connectivity index (χ2v) is 7.07. The van der Waals surface area contributed by atoms with Gasteiger partial charge in [0.2, 0.25) is 0 Å². The highest BCUT2D eigenvalue weighted by Crippen LogP contribution is 2.34. The fourth-order valence-electron chi connectivity index (χ4n) is 3.86. The maximum Gasteiger partial charge on any atom is 0.433 e. The van der Waals surface area contributed by atoms with Crippen LogP contribution < -0.4 is 0 Å². The maximum absolute atomic E-state index is 11.1. The topological polar surface area (TPSA) is 62.8 Å². The number of hydrogen-bond donors (Lipinski definition) is 0. The van der Waals surface area contributed by atoms with Gasteiger partial charge in [-0.15, -0.1) is 0 Å². The molecule has 0 bridgehead atoms. The monoisotopic (exact) mass is 377 g/mol. The normalized spacial score (nSPS) is 16.3. The van der Waals surface area contributed by atoms with Gasteiger partial charge in [0, 0.05) is 26.2 Å². The Balaban J connectivity index is 1.64. The van der Waals surface area contributed by atoms with Gasteiger partial charge in [0.15, 0.2) is 0 Å². The third kappa shape index (κ3) is 4.13. The lowest BCUT2D eigenvalue weighted by Gasteiger charge is -2.43. The van der Waals surface area contributed by atoms with Gasteiger partial charge in [0.25, 0.3) is 0 Å². The van der Waals surface area contributed by atoms with Crippen molar-refractivity contribution in [2.24, 2.45) is 0 Å². The van der Waals surface area contributed by atoms with Crippen LogP contribution in [0.15, 0.2) is 77.2 Å². The molecule has 0 amide bonds. The number of rotatable bonds is 6. The van der Waals surface area contributed by atoms with Crippen LogP contribution >= 0.6 is 0 Å². The van der Waals surface area contributed by atoms with Crippen molar-refractivity contribution < 1.29 is 9.34 Å². The first kappa shape index (κ1) is 18.4. The van der Waals surface area contributed by atoms with E-state index in [0.29, 0.717) is 5.76 Å². The Morgan fingerprint density at radius 3 is 1.86 bits per heavy atom. The van der Waals surface area contributed by atoms with Crippen LogP contribution in [0.3, 0.4) is 0 Å². The largest absolute Gasteiger partial charge is 0.433 e. The number of nitro groups is 1. The maximum atomic E-state index is 11.1. The SMILES string of the molecule is O=[N+]([O-])c1ccc(C2N(Cc3ccccc3)CCCN2Cc2ccccc2)o1. The van der Waals surface area contributed by atoms with Crippen LogP contribution in [0.4, 0.5) is 5.88 Å². The van der Waals surface area contributed by atoms with Crippen molar-refractivity contribution in [2.45, 2.75) is 25.7 Å². The zero-order chi connectivity index (χ0) is 19.3. The summed E-state index contributed by atoms with van der Waals surface area (Å²) in [6.45, 7) is 3.37. The molecule has 0 spiro atoms. The van der Waals surface area contributed by atoms with E-state index in [4.69, 9.17) is 4.42 Å². The molecule has 3 aromatic rings. The first-order valence-corrected chi connectivity index (χ1v) is 9.51. The third-order valence-corrected chi connectivity index (χ3v) is 5.09. The van der Waals surface area contributed by atoms with Gasteiger partial charge in [-0.05, 0) is 23.6 Å². The third-order valence-electron chi connectivity index (χ3n) is 5.09. The van der Waals surface area contributed by atoms with Crippen LogP contribution in [0.25, 0.3) is 0 Å². The Morgan fingerprint density at radius 2 is 1.39 bits per heavy atom. The Hall–Kier alpha value is -2.96. The average molecular weight is 377 g/mol. The molecule has 0 unspecified atom stereocenters. The van der Waals surface area contributed by atoms with Crippen LogP contribution in [0.1, 0.15) is 29.5 Å². The minimum atomic E-state index is -0.477. The number of benzene rings is 2. The number of nitrogens with zero attached hydrogens (tertiary/aromatic N) is 3. The van der Waals surface area contributed by atoms with E-state index < -0.39 is 4.92 Å². The Kier molecular flexibility index (Phi) is 5.50. The predicted molar refractivity (Wildman–Crippen MR) is 106 cm³/mol.